The highest BCUT2D eigenvalue weighted by atomic mass is 32.2. The van der Waals surface area contributed by atoms with Crippen molar-refractivity contribution in [2.45, 2.75) is 18.7 Å². The first-order valence-electron chi connectivity index (χ1n) is 8.31. The molecule has 0 bridgehead atoms. The summed E-state index contributed by atoms with van der Waals surface area (Å²) in [6, 6.07) is 12.4. The Hall–Kier alpha value is -2.67. The van der Waals surface area contributed by atoms with Crippen molar-refractivity contribution in [3.8, 4) is 0 Å². The quantitative estimate of drug-likeness (QED) is 0.728. The third-order valence-electron chi connectivity index (χ3n) is 3.83. The van der Waals surface area contributed by atoms with Gasteiger partial charge in [0.25, 0.3) is 0 Å². The van der Waals surface area contributed by atoms with E-state index in [2.05, 4.69) is 10.6 Å². The number of rotatable bonds is 7. The van der Waals surface area contributed by atoms with E-state index < -0.39 is 12.0 Å². The van der Waals surface area contributed by atoms with Crippen molar-refractivity contribution in [2.24, 2.45) is 0 Å². The van der Waals surface area contributed by atoms with Gasteiger partial charge in [0.05, 0.1) is 18.4 Å². The SMILES string of the molecule is CCOC(=O)C1=C(CSCc2ccccc2)NC(=O)N[C@H]1c1ccco1. The fourth-order valence-corrected chi connectivity index (χ4v) is 3.66. The van der Waals surface area contributed by atoms with Gasteiger partial charge in [-0.1, -0.05) is 30.3 Å². The molecule has 0 saturated heterocycles. The second-order valence-electron chi connectivity index (χ2n) is 5.64. The summed E-state index contributed by atoms with van der Waals surface area (Å²) >= 11 is 1.61. The molecule has 0 aliphatic carbocycles. The summed E-state index contributed by atoms with van der Waals surface area (Å²) < 4.78 is 10.6. The number of furan rings is 1. The zero-order chi connectivity index (χ0) is 18.4. The molecule has 0 fully saturated rings. The number of carbonyl (C=O) groups excluding carboxylic acids is 2. The maximum absolute atomic E-state index is 12.5. The zero-order valence-electron chi connectivity index (χ0n) is 14.4. The minimum atomic E-state index is -0.662. The molecule has 0 spiro atoms. The lowest BCUT2D eigenvalue weighted by atomic mass is 10.0. The monoisotopic (exact) mass is 372 g/mol. The summed E-state index contributed by atoms with van der Waals surface area (Å²) in [7, 11) is 0. The van der Waals surface area contributed by atoms with Gasteiger partial charge in [-0.25, -0.2) is 9.59 Å². The summed E-state index contributed by atoms with van der Waals surface area (Å²) in [6.45, 7) is 2.00. The highest BCUT2D eigenvalue weighted by Gasteiger charge is 2.35. The molecule has 1 atom stereocenters. The molecule has 2 aromatic rings. The van der Waals surface area contributed by atoms with E-state index in [4.69, 9.17) is 9.15 Å². The zero-order valence-corrected chi connectivity index (χ0v) is 15.2. The maximum atomic E-state index is 12.5. The molecule has 1 aromatic carbocycles. The average Bonchev–Trinajstić information content (AvgIpc) is 3.17. The van der Waals surface area contributed by atoms with Crippen molar-refractivity contribution in [3.05, 3.63) is 71.3 Å². The molecular weight excluding hydrogens is 352 g/mol. The molecular formula is C19H20N2O4S. The Morgan fingerprint density at radius 3 is 2.69 bits per heavy atom. The molecule has 0 radical (unpaired) electrons. The molecule has 1 aliphatic rings. The fraction of sp³-hybridized carbons (Fsp3) is 0.263. The van der Waals surface area contributed by atoms with Gasteiger partial charge in [0, 0.05) is 17.2 Å². The number of carbonyl (C=O) groups is 2. The summed E-state index contributed by atoms with van der Waals surface area (Å²) in [5, 5.41) is 5.48. The molecule has 2 amide bonds. The predicted octanol–water partition coefficient (Wildman–Crippen LogP) is 3.38. The van der Waals surface area contributed by atoms with Crippen LogP contribution in [0.5, 0.6) is 0 Å². The van der Waals surface area contributed by atoms with E-state index in [1.165, 1.54) is 11.8 Å². The Balaban J connectivity index is 1.83. The molecule has 1 aromatic heterocycles. The van der Waals surface area contributed by atoms with Gasteiger partial charge in [0.15, 0.2) is 0 Å². The number of thioether (sulfide) groups is 1. The van der Waals surface area contributed by atoms with Crippen LogP contribution in [0.25, 0.3) is 0 Å². The van der Waals surface area contributed by atoms with E-state index in [1.807, 2.05) is 30.3 Å². The van der Waals surface area contributed by atoms with Crippen LogP contribution in [0.3, 0.4) is 0 Å². The van der Waals surface area contributed by atoms with Gasteiger partial charge in [-0.3, -0.25) is 0 Å². The summed E-state index contributed by atoms with van der Waals surface area (Å²) in [5.41, 5.74) is 2.11. The standard InChI is InChI=1S/C19H20N2O4S/c1-2-24-18(22)16-14(12-26-11-13-7-4-3-5-8-13)20-19(23)21-17(16)15-9-6-10-25-15/h3-10,17H,2,11-12H2,1H3,(H2,20,21,23)/t17-/m0/s1. The van der Waals surface area contributed by atoms with Crippen LogP contribution in [-0.2, 0) is 15.3 Å². The molecule has 136 valence electrons. The molecule has 3 rings (SSSR count). The van der Waals surface area contributed by atoms with Crippen LogP contribution in [0, 0.1) is 0 Å². The van der Waals surface area contributed by atoms with Crippen LogP contribution in [-0.4, -0.2) is 24.4 Å². The largest absolute Gasteiger partial charge is 0.467 e. The summed E-state index contributed by atoms with van der Waals surface area (Å²) in [5.74, 6) is 1.29. The van der Waals surface area contributed by atoms with Crippen LogP contribution >= 0.6 is 11.8 Å². The number of hydrogen-bond donors (Lipinski definition) is 2. The van der Waals surface area contributed by atoms with Crippen LogP contribution in [0.15, 0.2) is 64.4 Å². The van der Waals surface area contributed by atoms with E-state index in [1.54, 1.807) is 30.8 Å². The van der Waals surface area contributed by atoms with Gasteiger partial charge >= 0.3 is 12.0 Å². The summed E-state index contributed by atoms with van der Waals surface area (Å²) in [4.78, 5) is 24.6. The summed E-state index contributed by atoms with van der Waals surface area (Å²) in [6.07, 6.45) is 1.51. The van der Waals surface area contributed by atoms with Crippen molar-refractivity contribution in [3.63, 3.8) is 0 Å². The molecule has 7 heteroatoms. The molecule has 6 nitrogen and oxygen atoms in total. The molecule has 26 heavy (non-hydrogen) atoms. The van der Waals surface area contributed by atoms with Crippen molar-refractivity contribution in [2.75, 3.05) is 12.4 Å². The van der Waals surface area contributed by atoms with Crippen molar-refractivity contribution in [1.82, 2.24) is 10.6 Å². The molecule has 2 heterocycles. The lowest BCUT2D eigenvalue weighted by molar-refractivity contribution is -0.139. The Labute approximate surface area is 156 Å². The molecule has 2 N–H and O–H groups in total. The highest BCUT2D eigenvalue weighted by Crippen LogP contribution is 2.29. The maximum Gasteiger partial charge on any atom is 0.338 e. The first-order valence-corrected chi connectivity index (χ1v) is 9.47. The minimum absolute atomic E-state index is 0.256. The van der Waals surface area contributed by atoms with E-state index in [9.17, 15) is 9.59 Å². The van der Waals surface area contributed by atoms with Crippen LogP contribution < -0.4 is 10.6 Å². The number of nitrogens with one attached hydrogen (secondary N) is 2. The minimum Gasteiger partial charge on any atom is -0.467 e. The van der Waals surface area contributed by atoms with Crippen LogP contribution in [0.4, 0.5) is 4.79 Å². The van der Waals surface area contributed by atoms with E-state index in [-0.39, 0.29) is 12.6 Å². The van der Waals surface area contributed by atoms with Crippen LogP contribution in [0.1, 0.15) is 24.3 Å². The smallest absolute Gasteiger partial charge is 0.338 e. The van der Waals surface area contributed by atoms with E-state index in [0.29, 0.717) is 22.8 Å². The number of amides is 2. The second-order valence-corrected chi connectivity index (χ2v) is 6.62. The van der Waals surface area contributed by atoms with Gasteiger partial charge in [-0.2, -0.15) is 11.8 Å². The molecule has 0 saturated carbocycles. The second kappa shape index (κ2) is 8.62. The van der Waals surface area contributed by atoms with E-state index in [0.717, 1.165) is 5.75 Å². The van der Waals surface area contributed by atoms with Crippen molar-refractivity contribution in [1.29, 1.82) is 0 Å². The molecule has 0 unspecified atom stereocenters. The number of hydrogen-bond acceptors (Lipinski definition) is 5. The highest BCUT2D eigenvalue weighted by molar-refractivity contribution is 7.98. The van der Waals surface area contributed by atoms with Crippen LogP contribution in [0.2, 0.25) is 0 Å². The Kier molecular flexibility index (Phi) is 6.01. The lowest BCUT2D eigenvalue weighted by Gasteiger charge is -2.27. The number of urea groups is 1. The van der Waals surface area contributed by atoms with Gasteiger partial charge in [-0.05, 0) is 24.6 Å². The van der Waals surface area contributed by atoms with Crippen molar-refractivity contribution >= 4 is 23.8 Å². The fourth-order valence-electron chi connectivity index (χ4n) is 2.70. The number of esters is 1. The Bertz CT molecular complexity index is 787. The lowest BCUT2D eigenvalue weighted by Crippen LogP contribution is -2.46. The van der Waals surface area contributed by atoms with Crippen molar-refractivity contribution < 1.29 is 18.7 Å². The third-order valence-corrected chi connectivity index (χ3v) is 4.86. The van der Waals surface area contributed by atoms with Gasteiger partial charge in [-0.15, -0.1) is 0 Å². The van der Waals surface area contributed by atoms with Gasteiger partial charge in [0.1, 0.15) is 11.8 Å². The Morgan fingerprint density at radius 2 is 2.00 bits per heavy atom. The number of benzene rings is 1. The first-order chi connectivity index (χ1) is 12.7. The van der Waals surface area contributed by atoms with Gasteiger partial charge < -0.3 is 19.8 Å². The van der Waals surface area contributed by atoms with Gasteiger partial charge in [0.2, 0.25) is 0 Å². The number of ether oxygens (including phenoxy) is 1. The average molecular weight is 372 g/mol. The first kappa shape index (κ1) is 18.1. The third kappa shape index (κ3) is 4.29. The topological polar surface area (TPSA) is 80.6 Å². The molecule has 1 aliphatic heterocycles. The Morgan fingerprint density at radius 1 is 1.19 bits per heavy atom. The predicted molar refractivity (Wildman–Crippen MR) is 99.4 cm³/mol. The van der Waals surface area contributed by atoms with E-state index >= 15 is 0 Å². The normalized spacial score (nSPS) is 16.8.